The molecule has 0 unspecified atom stereocenters. The molecule has 0 bridgehead atoms. The second kappa shape index (κ2) is 6.97. The molecule has 0 aliphatic heterocycles. The number of amides is 1. The minimum atomic E-state index is -3.64. The third-order valence-corrected chi connectivity index (χ3v) is 4.62. The van der Waals surface area contributed by atoms with Crippen LogP contribution in [-0.2, 0) is 14.8 Å². The van der Waals surface area contributed by atoms with E-state index in [1.54, 1.807) is 30.5 Å². The number of halogens is 1. The molecular formula is C15H16ClN3O3S. The molecule has 1 N–H and O–H groups in total. The maximum Gasteiger partial charge on any atom is 0.245 e. The Morgan fingerprint density at radius 3 is 2.65 bits per heavy atom. The van der Waals surface area contributed by atoms with Gasteiger partial charge in [-0.15, -0.1) is 0 Å². The highest BCUT2D eigenvalue weighted by molar-refractivity contribution is 7.92. The van der Waals surface area contributed by atoms with E-state index < -0.39 is 15.9 Å². The molecule has 2 aromatic rings. The fourth-order valence-electron chi connectivity index (χ4n) is 1.90. The molecule has 0 aliphatic rings. The number of nitrogens with zero attached hydrogens (tertiary/aromatic N) is 2. The predicted molar refractivity (Wildman–Crippen MR) is 91.2 cm³/mol. The first-order valence-electron chi connectivity index (χ1n) is 6.71. The number of aromatic nitrogens is 1. The Morgan fingerprint density at radius 1 is 1.35 bits per heavy atom. The number of sulfonamides is 1. The average molecular weight is 354 g/mol. The molecular weight excluding hydrogens is 338 g/mol. The third-order valence-electron chi connectivity index (χ3n) is 3.08. The van der Waals surface area contributed by atoms with Crippen molar-refractivity contribution < 1.29 is 13.2 Å². The number of aryl methyl sites for hydroxylation is 1. The monoisotopic (exact) mass is 353 g/mol. The smallest absolute Gasteiger partial charge is 0.245 e. The largest absolute Gasteiger partial charge is 0.323 e. The molecule has 1 aromatic heterocycles. The zero-order valence-electron chi connectivity index (χ0n) is 12.7. The summed E-state index contributed by atoms with van der Waals surface area (Å²) in [7, 11) is -3.64. The van der Waals surface area contributed by atoms with Crippen LogP contribution >= 0.6 is 11.6 Å². The highest BCUT2D eigenvalue weighted by Gasteiger charge is 2.21. The second-order valence-electron chi connectivity index (χ2n) is 4.99. The van der Waals surface area contributed by atoms with Gasteiger partial charge in [0, 0.05) is 11.2 Å². The van der Waals surface area contributed by atoms with Crippen LogP contribution < -0.4 is 9.62 Å². The van der Waals surface area contributed by atoms with Gasteiger partial charge in [0.15, 0.2) is 0 Å². The molecule has 0 saturated carbocycles. The highest BCUT2D eigenvalue weighted by atomic mass is 35.5. The van der Waals surface area contributed by atoms with Gasteiger partial charge in [-0.3, -0.25) is 14.1 Å². The Kier molecular flexibility index (Phi) is 5.23. The highest BCUT2D eigenvalue weighted by Crippen LogP contribution is 2.24. The van der Waals surface area contributed by atoms with Crippen molar-refractivity contribution in [2.75, 3.05) is 22.4 Å². The minimum Gasteiger partial charge on any atom is -0.323 e. The van der Waals surface area contributed by atoms with Crippen molar-refractivity contribution in [2.24, 2.45) is 0 Å². The summed E-state index contributed by atoms with van der Waals surface area (Å²) in [5.74, 6) is -0.472. The van der Waals surface area contributed by atoms with Gasteiger partial charge in [-0.1, -0.05) is 17.7 Å². The third kappa shape index (κ3) is 4.67. The fraction of sp³-hybridized carbons (Fsp3) is 0.200. The van der Waals surface area contributed by atoms with Crippen LogP contribution in [0.2, 0.25) is 5.02 Å². The number of anilines is 2. The van der Waals surface area contributed by atoms with Crippen LogP contribution in [0.4, 0.5) is 11.4 Å². The second-order valence-corrected chi connectivity index (χ2v) is 7.31. The molecule has 6 nitrogen and oxygen atoms in total. The quantitative estimate of drug-likeness (QED) is 0.895. The molecule has 8 heteroatoms. The summed E-state index contributed by atoms with van der Waals surface area (Å²) in [4.78, 5) is 16.0. The SMILES string of the molecule is Cc1ccc(N(CC(=O)Nc2cccnc2)S(C)(=O)=O)cc1Cl. The number of carbonyl (C=O) groups excluding carboxylic acids is 1. The van der Waals surface area contributed by atoms with Crippen LogP contribution in [0.5, 0.6) is 0 Å². The van der Waals surface area contributed by atoms with Crippen LogP contribution in [0.1, 0.15) is 5.56 Å². The van der Waals surface area contributed by atoms with E-state index in [0.29, 0.717) is 16.4 Å². The van der Waals surface area contributed by atoms with Gasteiger partial charge < -0.3 is 5.32 Å². The lowest BCUT2D eigenvalue weighted by atomic mass is 10.2. The fourth-order valence-corrected chi connectivity index (χ4v) is 2.93. The van der Waals surface area contributed by atoms with E-state index in [9.17, 15) is 13.2 Å². The Bertz CT molecular complexity index is 810. The zero-order valence-corrected chi connectivity index (χ0v) is 14.2. The summed E-state index contributed by atoms with van der Waals surface area (Å²) in [6, 6.07) is 8.17. The van der Waals surface area contributed by atoms with Gasteiger partial charge in [0.1, 0.15) is 6.54 Å². The molecule has 122 valence electrons. The van der Waals surface area contributed by atoms with E-state index >= 15 is 0 Å². The van der Waals surface area contributed by atoms with E-state index in [1.807, 2.05) is 6.92 Å². The van der Waals surface area contributed by atoms with Gasteiger partial charge in [0.2, 0.25) is 15.9 Å². The molecule has 23 heavy (non-hydrogen) atoms. The molecule has 2 rings (SSSR count). The summed E-state index contributed by atoms with van der Waals surface area (Å²) < 4.78 is 25.0. The van der Waals surface area contributed by atoms with E-state index in [-0.39, 0.29) is 6.54 Å². The van der Waals surface area contributed by atoms with Crippen molar-refractivity contribution in [3.05, 3.63) is 53.3 Å². The molecule has 0 saturated heterocycles. The van der Waals surface area contributed by atoms with Crippen molar-refractivity contribution in [2.45, 2.75) is 6.92 Å². The van der Waals surface area contributed by atoms with Gasteiger partial charge in [-0.2, -0.15) is 0 Å². The number of hydrogen-bond acceptors (Lipinski definition) is 4. The molecule has 0 radical (unpaired) electrons. The van der Waals surface area contributed by atoms with Gasteiger partial charge in [-0.05, 0) is 36.8 Å². The lowest BCUT2D eigenvalue weighted by Gasteiger charge is -2.22. The number of pyridine rings is 1. The maximum atomic E-state index is 12.1. The van der Waals surface area contributed by atoms with Crippen molar-refractivity contribution >= 4 is 38.9 Å². The molecule has 0 fully saturated rings. The number of nitrogens with one attached hydrogen (secondary N) is 1. The van der Waals surface area contributed by atoms with Gasteiger partial charge in [0.05, 0.1) is 23.8 Å². The zero-order chi connectivity index (χ0) is 17.0. The van der Waals surface area contributed by atoms with E-state index in [2.05, 4.69) is 10.3 Å². The normalized spacial score (nSPS) is 11.1. The Hall–Kier alpha value is -2.12. The van der Waals surface area contributed by atoms with Crippen molar-refractivity contribution in [1.29, 1.82) is 0 Å². The number of benzene rings is 1. The molecule has 1 amide bonds. The lowest BCUT2D eigenvalue weighted by Crippen LogP contribution is -2.37. The Labute approximate surface area is 140 Å². The van der Waals surface area contributed by atoms with Crippen molar-refractivity contribution in [3.8, 4) is 0 Å². The topological polar surface area (TPSA) is 79.4 Å². The molecule has 0 aliphatic carbocycles. The van der Waals surface area contributed by atoms with Crippen molar-refractivity contribution in [3.63, 3.8) is 0 Å². The van der Waals surface area contributed by atoms with E-state index in [4.69, 9.17) is 11.6 Å². The van der Waals surface area contributed by atoms with Gasteiger partial charge in [0.25, 0.3) is 0 Å². The number of carbonyl (C=O) groups is 1. The molecule has 1 heterocycles. The van der Waals surface area contributed by atoms with Crippen LogP contribution in [-0.4, -0.2) is 32.1 Å². The number of hydrogen-bond donors (Lipinski definition) is 1. The van der Waals surface area contributed by atoms with E-state index in [0.717, 1.165) is 16.1 Å². The average Bonchev–Trinajstić information content (AvgIpc) is 2.48. The Balaban J connectivity index is 2.23. The summed E-state index contributed by atoms with van der Waals surface area (Å²) in [5.41, 5.74) is 1.65. The van der Waals surface area contributed by atoms with Gasteiger partial charge >= 0.3 is 0 Å². The molecule has 1 aromatic carbocycles. The molecule has 0 atom stereocenters. The first-order chi connectivity index (χ1) is 10.8. The number of rotatable bonds is 5. The van der Waals surface area contributed by atoms with Crippen LogP contribution in [0.25, 0.3) is 0 Å². The Morgan fingerprint density at radius 2 is 2.09 bits per heavy atom. The standard InChI is InChI=1S/C15H16ClN3O3S/c1-11-5-6-13(8-14(11)16)19(23(2,21)22)10-15(20)18-12-4-3-7-17-9-12/h3-9H,10H2,1-2H3,(H,18,20). The minimum absolute atomic E-state index is 0.337. The van der Waals surface area contributed by atoms with Crippen molar-refractivity contribution in [1.82, 2.24) is 4.98 Å². The summed E-state index contributed by atoms with van der Waals surface area (Å²) in [5, 5.41) is 3.03. The first-order valence-corrected chi connectivity index (χ1v) is 8.94. The van der Waals surface area contributed by atoms with Crippen LogP contribution in [0.3, 0.4) is 0 Å². The molecule has 0 spiro atoms. The lowest BCUT2D eigenvalue weighted by molar-refractivity contribution is -0.114. The summed E-state index contributed by atoms with van der Waals surface area (Å²) in [6.07, 6.45) is 4.09. The van der Waals surface area contributed by atoms with Crippen LogP contribution in [0, 0.1) is 6.92 Å². The predicted octanol–water partition coefficient (Wildman–Crippen LogP) is 2.45. The summed E-state index contributed by atoms with van der Waals surface area (Å²) in [6.45, 7) is 1.46. The van der Waals surface area contributed by atoms with Crippen LogP contribution in [0.15, 0.2) is 42.7 Å². The summed E-state index contributed by atoms with van der Waals surface area (Å²) >= 11 is 6.04. The van der Waals surface area contributed by atoms with E-state index in [1.165, 1.54) is 12.3 Å². The first kappa shape index (κ1) is 17.2. The maximum absolute atomic E-state index is 12.1. The van der Waals surface area contributed by atoms with Gasteiger partial charge in [-0.25, -0.2) is 8.42 Å².